The fourth-order valence-electron chi connectivity index (χ4n) is 1.90. The predicted molar refractivity (Wildman–Crippen MR) is 78.8 cm³/mol. The van der Waals surface area contributed by atoms with E-state index in [1.165, 1.54) is 0 Å². The molecular formula is C14H18BrN3O. The molecule has 0 radical (unpaired) electrons. The van der Waals surface area contributed by atoms with Crippen molar-refractivity contribution in [3.63, 3.8) is 0 Å². The molecular weight excluding hydrogens is 306 g/mol. The van der Waals surface area contributed by atoms with Crippen LogP contribution < -0.4 is 5.32 Å². The summed E-state index contributed by atoms with van der Waals surface area (Å²) in [5.41, 5.74) is 0.910. The van der Waals surface area contributed by atoms with E-state index in [1.807, 2.05) is 41.2 Å². The van der Waals surface area contributed by atoms with Gasteiger partial charge in [-0.3, -0.25) is 4.68 Å². The molecule has 0 spiro atoms. The highest BCUT2D eigenvalue weighted by Gasteiger charge is 2.10. The molecule has 2 atom stereocenters. The first-order valence-electron chi connectivity index (χ1n) is 6.29. The highest BCUT2D eigenvalue weighted by Crippen LogP contribution is 2.17. The van der Waals surface area contributed by atoms with E-state index in [0.717, 1.165) is 16.6 Å². The minimum Gasteiger partial charge on any atom is -0.387 e. The first-order valence-corrected chi connectivity index (χ1v) is 7.09. The monoisotopic (exact) mass is 323 g/mol. The van der Waals surface area contributed by atoms with Crippen molar-refractivity contribution in [1.29, 1.82) is 0 Å². The van der Waals surface area contributed by atoms with Gasteiger partial charge in [-0.1, -0.05) is 28.1 Å². The van der Waals surface area contributed by atoms with Gasteiger partial charge in [0.05, 0.1) is 12.6 Å². The van der Waals surface area contributed by atoms with E-state index in [-0.39, 0.29) is 6.04 Å². The molecule has 0 unspecified atom stereocenters. The van der Waals surface area contributed by atoms with Gasteiger partial charge in [-0.2, -0.15) is 5.10 Å². The Hall–Kier alpha value is -1.17. The zero-order valence-corrected chi connectivity index (χ0v) is 12.4. The normalized spacial score (nSPS) is 14.3. The van der Waals surface area contributed by atoms with Gasteiger partial charge < -0.3 is 10.4 Å². The third kappa shape index (κ3) is 4.45. The molecule has 19 heavy (non-hydrogen) atoms. The van der Waals surface area contributed by atoms with Gasteiger partial charge in [-0.15, -0.1) is 0 Å². The molecule has 0 aliphatic carbocycles. The van der Waals surface area contributed by atoms with Crippen LogP contribution in [0.25, 0.3) is 0 Å². The number of rotatable bonds is 6. The number of benzene rings is 1. The van der Waals surface area contributed by atoms with Crippen LogP contribution in [0.5, 0.6) is 0 Å². The summed E-state index contributed by atoms with van der Waals surface area (Å²) in [6, 6.07) is 9.89. The van der Waals surface area contributed by atoms with Crippen molar-refractivity contribution in [3.05, 3.63) is 52.8 Å². The van der Waals surface area contributed by atoms with Gasteiger partial charge in [0, 0.05) is 29.5 Å². The molecule has 1 heterocycles. The van der Waals surface area contributed by atoms with E-state index >= 15 is 0 Å². The summed E-state index contributed by atoms with van der Waals surface area (Å²) in [7, 11) is 0. The molecule has 0 saturated carbocycles. The van der Waals surface area contributed by atoms with Crippen molar-refractivity contribution < 1.29 is 5.11 Å². The molecule has 1 aromatic carbocycles. The lowest BCUT2D eigenvalue weighted by Crippen LogP contribution is -2.33. The average Bonchev–Trinajstić information content (AvgIpc) is 2.88. The van der Waals surface area contributed by atoms with Gasteiger partial charge in [-0.05, 0) is 30.7 Å². The van der Waals surface area contributed by atoms with Crippen molar-refractivity contribution in [2.45, 2.75) is 25.6 Å². The maximum absolute atomic E-state index is 10.1. The number of halogens is 1. The Bertz CT molecular complexity index is 501. The summed E-state index contributed by atoms with van der Waals surface area (Å²) in [6.45, 7) is 3.40. The maximum atomic E-state index is 10.1. The van der Waals surface area contributed by atoms with E-state index in [1.54, 1.807) is 6.20 Å². The second-order valence-corrected chi connectivity index (χ2v) is 5.52. The lowest BCUT2D eigenvalue weighted by molar-refractivity contribution is 0.169. The molecule has 0 amide bonds. The zero-order valence-electron chi connectivity index (χ0n) is 10.8. The highest BCUT2D eigenvalue weighted by molar-refractivity contribution is 9.10. The number of nitrogens with zero attached hydrogens (tertiary/aromatic N) is 2. The van der Waals surface area contributed by atoms with E-state index in [0.29, 0.717) is 6.54 Å². The molecule has 2 rings (SSSR count). The molecule has 5 heteroatoms. The molecule has 2 aromatic rings. The number of aliphatic hydroxyl groups excluding tert-OH is 1. The predicted octanol–water partition coefficient (Wildman–Crippen LogP) is 2.36. The van der Waals surface area contributed by atoms with Crippen LogP contribution in [-0.2, 0) is 6.54 Å². The zero-order chi connectivity index (χ0) is 13.7. The Balaban J connectivity index is 1.81. The number of aliphatic hydroxyl groups is 1. The molecule has 1 aromatic heterocycles. The summed E-state index contributed by atoms with van der Waals surface area (Å²) in [4.78, 5) is 0. The van der Waals surface area contributed by atoms with E-state index in [4.69, 9.17) is 0 Å². The molecule has 0 aliphatic heterocycles. The molecule has 0 bridgehead atoms. The van der Waals surface area contributed by atoms with Crippen LogP contribution >= 0.6 is 15.9 Å². The minimum absolute atomic E-state index is 0.252. The number of hydrogen-bond acceptors (Lipinski definition) is 3. The van der Waals surface area contributed by atoms with Crippen LogP contribution in [0, 0.1) is 0 Å². The number of nitrogens with one attached hydrogen (secondary N) is 1. The fourth-order valence-corrected chi connectivity index (χ4v) is 2.32. The third-order valence-corrected chi connectivity index (χ3v) is 3.41. The maximum Gasteiger partial charge on any atom is 0.0914 e. The lowest BCUT2D eigenvalue weighted by atomic mass is 10.1. The van der Waals surface area contributed by atoms with Crippen molar-refractivity contribution in [2.75, 3.05) is 6.54 Å². The number of hydrogen-bond donors (Lipinski definition) is 2. The SMILES string of the molecule is C[C@@H](Cn1cccn1)NC[C@@H](O)c1cccc(Br)c1. The Morgan fingerprint density at radius 2 is 2.26 bits per heavy atom. The van der Waals surface area contributed by atoms with Crippen LogP contribution in [0.3, 0.4) is 0 Å². The molecule has 0 saturated heterocycles. The standard InChI is InChI=1S/C14H18BrN3O/c1-11(10-18-7-3-6-17-18)16-9-14(19)12-4-2-5-13(15)8-12/h2-8,11,14,16,19H,9-10H2,1H3/t11-,14+/m0/s1. The van der Waals surface area contributed by atoms with Gasteiger partial charge in [0.1, 0.15) is 0 Å². The van der Waals surface area contributed by atoms with Gasteiger partial charge in [0.15, 0.2) is 0 Å². The van der Waals surface area contributed by atoms with Crippen LogP contribution in [0.15, 0.2) is 47.2 Å². The summed E-state index contributed by atoms with van der Waals surface area (Å²) in [5, 5.41) is 17.6. The summed E-state index contributed by atoms with van der Waals surface area (Å²) in [5.74, 6) is 0. The molecule has 2 N–H and O–H groups in total. The summed E-state index contributed by atoms with van der Waals surface area (Å²) >= 11 is 3.41. The Labute approximate surface area is 121 Å². The Kier molecular flexibility index (Phi) is 5.13. The lowest BCUT2D eigenvalue weighted by Gasteiger charge is -2.17. The quantitative estimate of drug-likeness (QED) is 0.858. The molecule has 0 aliphatic rings. The first-order chi connectivity index (χ1) is 9.15. The van der Waals surface area contributed by atoms with Crippen LogP contribution in [-0.4, -0.2) is 27.5 Å². The van der Waals surface area contributed by atoms with Crippen LogP contribution in [0.1, 0.15) is 18.6 Å². The highest BCUT2D eigenvalue weighted by atomic mass is 79.9. The van der Waals surface area contributed by atoms with E-state index in [9.17, 15) is 5.11 Å². The summed E-state index contributed by atoms with van der Waals surface area (Å²) in [6.07, 6.45) is 3.20. The smallest absolute Gasteiger partial charge is 0.0914 e. The van der Waals surface area contributed by atoms with Crippen LogP contribution in [0.2, 0.25) is 0 Å². The minimum atomic E-state index is -0.502. The molecule has 102 valence electrons. The molecule has 0 fully saturated rings. The van der Waals surface area contributed by atoms with Gasteiger partial charge in [0.25, 0.3) is 0 Å². The molecule has 4 nitrogen and oxygen atoms in total. The Morgan fingerprint density at radius 3 is 2.95 bits per heavy atom. The largest absolute Gasteiger partial charge is 0.387 e. The first kappa shape index (κ1) is 14.2. The topological polar surface area (TPSA) is 50.1 Å². The van der Waals surface area contributed by atoms with Crippen molar-refractivity contribution in [3.8, 4) is 0 Å². The van der Waals surface area contributed by atoms with Gasteiger partial charge in [0.2, 0.25) is 0 Å². The number of aromatic nitrogens is 2. The van der Waals surface area contributed by atoms with Crippen LogP contribution in [0.4, 0.5) is 0 Å². The average molecular weight is 324 g/mol. The van der Waals surface area contributed by atoms with Gasteiger partial charge >= 0.3 is 0 Å². The second kappa shape index (κ2) is 6.84. The van der Waals surface area contributed by atoms with Crippen molar-refractivity contribution in [1.82, 2.24) is 15.1 Å². The second-order valence-electron chi connectivity index (χ2n) is 4.61. The fraction of sp³-hybridized carbons (Fsp3) is 0.357. The van der Waals surface area contributed by atoms with E-state index < -0.39 is 6.10 Å². The van der Waals surface area contributed by atoms with E-state index in [2.05, 4.69) is 33.3 Å². The van der Waals surface area contributed by atoms with Crippen molar-refractivity contribution >= 4 is 15.9 Å². The van der Waals surface area contributed by atoms with Crippen molar-refractivity contribution in [2.24, 2.45) is 0 Å². The Morgan fingerprint density at radius 1 is 1.42 bits per heavy atom. The summed E-state index contributed by atoms with van der Waals surface area (Å²) < 4.78 is 2.86. The third-order valence-electron chi connectivity index (χ3n) is 2.91. The van der Waals surface area contributed by atoms with Gasteiger partial charge in [-0.25, -0.2) is 0 Å².